The van der Waals surface area contributed by atoms with Crippen LogP contribution >= 0.6 is 0 Å². The summed E-state index contributed by atoms with van der Waals surface area (Å²) in [5.41, 5.74) is 2.80. The maximum atomic E-state index is 13.1. The molecule has 2 heterocycles. The van der Waals surface area contributed by atoms with Crippen molar-refractivity contribution in [2.75, 3.05) is 0 Å². The Kier molecular flexibility index (Phi) is 3.05. The zero-order valence-electron chi connectivity index (χ0n) is 12.0. The Morgan fingerprint density at radius 2 is 1.70 bits per heavy atom. The standard InChI is InChI=1S/C18H12FN3O/c19-14-8-6-13(7-9-14)16-11-20-18-21-15(10-17(23)22(16)18)12-4-2-1-3-5-12/h1-11H,(H,20,21). The molecule has 23 heavy (non-hydrogen) atoms. The van der Waals surface area contributed by atoms with Crippen LogP contribution in [0.3, 0.4) is 0 Å². The molecule has 0 spiro atoms. The normalized spacial score (nSPS) is 11.0. The van der Waals surface area contributed by atoms with E-state index in [1.165, 1.54) is 22.6 Å². The summed E-state index contributed by atoms with van der Waals surface area (Å²) in [6, 6.07) is 17.1. The number of aromatic nitrogens is 3. The zero-order chi connectivity index (χ0) is 15.8. The lowest BCUT2D eigenvalue weighted by Gasteiger charge is -2.04. The molecule has 0 fully saturated rings. The minimum atomic E-state index is -0.317. The molecule has 5 heteroatoms. The van der Waals surface area contributed by atoms with Crippen LogP contribution in [-0.2, 0) is 0 Å². The number of rotatable bonds is 2. The highest BCUT2D eigenvalue weighted by atomic mass is 19.1. The van der Waals surface area contributed by atoms with E-state index in [0.717, 1.165) is 11.1 Å². The van der Waals surface area contributed by atoms with E-state index in [-0.39, 0.29) is 11.4 Å². The third-order valence-corrected chi connectivity index (χ3v) is 3.72. The van der Waals surface area contributed by atoms with Crippen LogP contribution in [0.2, 0.25) is 0 Å². The van der Waals surface area contributed by atoms with Gasteiger partial charge in [0.15, 0.2) is 0 Å². The van der Waals surface area contributed by atoms with Crippen LogP contribution in [0.5, 0.6) is 0 Å². The van der Waals surface area contributed by atoms with Gasteiger partial charge in [-0.2, -0.15) is 0 Å². The maximum absolute atomic E-state index is 13.1. The highest BCUT2D eigenvalue weighted by molar-refractivity contribution is 5.65. The lowest BCUT2D eigenvalue weighted by atomic mass is 10.1. The average Bonchev–Trinajstić information content (AvgIpc) is 3.01. The molecule has 0 atom stereocenters. The lowest BCUT2D eigenvalue weighted by molar-refractivity contribution is 0.628. The van der Waals surface area contributed by atoms with Crippen LogP contribution in [0.4, 0.5) is 4.39 Å². The van der Waals surface area contributed by atoms with Crippen molar-refractivity contribution in [1.29, 1.82) is 0 Å². The van der Waals surface area contributed by atoms with Gasteiger partial charge < -0.3 is 4.98 Å². The van der Waals surface area contributed by atoms with Crippen molar-refractivity contribution in [2.24, 2.45) is 0 Å². The van der Waals surface area contributed by atoms with Gasteiger partial charge in [-0.1, -0.05) is 30.3 Å². The van der Waals surface area contributed by atoms with Gasteiger partial charge in [0.05, 0.1) is 17.6 Å². The van der Waals surface area contributed by atoms with E-state index in [1.807, 2.05) is 30.3 Å². The van der Waals surface area contributed by atoms with Crippen molar-refractivity contribution in [3.63, 3.8) is 0 Å². The van der Waals surface area contributed by atoms with Crippen molar-refractivity contribution in [3.05, 3.63) is 83.0 Å². The van der Waals surface area contributed by atoms with Crippen molar-refractivity contribution in [1.82, 2.24) is 14.4 Å². The van der Waals surface area contributed by atoms with E-state index in [9.17, 15) is 9.18 Å². The fourth-order valence-electron chi connectivity index (χ4n) is 2.61. The molecular formula is C18H12FN3O. The highest BCUT2D eigenvalue weighted by Gasteiger charge is 2.11. The number of hydrogen-bond acceptors (Lipinski definition) is 2. The van der Waals surface area contributed by atoms with Crippen LogP contribution in [0.1, 0.15) is 0 Å². The van der Waals surface area contributed by atoms with Crippen LogP contribution in [-0.4, -0.2) is 14.4 Å². The second-order valence-electron chi connectivity index (χ2n) is 5.20. The molecule has 0 saturated heterocycles. The number of halogens is 1. The molecular weight excluding hydrogens is 293 g/mol. The molecule has 0 aliphatic heterocycles. The molecule has 0 amide bonds. The first-order chi connectivity index (χ1) is 11.2. The second-order valence-corrected chi connectivity index (χ2v) is 5.20. The Balaban J connectivity index is 1.91. The van der Waals surface area contributed by atoms with Crippen molar-refractivity contribution in [3.8, 4) is 22.5 Å². The highest BCUT2D eigenvalue weighted by Crippen LogP contribution is 2.21. The maximum Gasteiger partial charge on any atom is 0.260 e. The van der Waals surface area contributed by atoms with Gasteiger partial charge in [0.1, 0.15) is 5.82 Å². The fourth-order valence-corrected chi connectivity index (χ4v) is 2.61. The minimum absolute atomic E-state index is 0.186. The van der Waals surface area contributed by atoms with Crippen LogP contribution in [0.25, 0.3) is 28.3 Å². The number of benzene rings is 2. The van der Waals surface area contributed by atoms with Gasteiger partial charge in [-0.15, -0.1) is 0 Å². The van der Waals surface area contributed by atoms with Gasteiger partial charge in [-0.3, -0.25) is 4.79 Å². The molecule has 4 nitrogen and oxygen atoms in total. The van der Waals surface area contributed by atoms with E-state index in [1.54, 1.807) is 18.3 Å². The summed E-state index contributed by atoms with van der Waals surface area (Å²) in [7, 11) is 0. The predicted molar refractivity (Wildman–Crippen MR) is 86.6 cm³/mol. The number of nitrogens with one attached hydrogen (secondary N) is 1. The first-order valence-electron chi connectivity index (χ1n) is 7.14. The first kappa shape index (κ1) is 13.5. The van der Waals surface area contributed by atoms with Crippen molar-refractivity contribution >= 4 is 5.78 Å². The van der Waals surface area contributed by atoms with Crippen molar-refractivity contribution < 1.29 is 4.39 Å². The number of imidazole rings is 1. The smallest absolute Gasteiger partial charge is 0.260 e. The minimum Gasteiger partial charge on any atom is -0.324 e. The third kappa shape index (κ3) is 2.32. The zero-order valence-corrected chi connectivity index (χ0v) is 12.0. The largest absolute Gasteiger partial charge is 0.324 e. The van der Waals surface area contributed by atoms with Gasteiger partial charge in [0.25, 0.3) is 5.56 Å². The van der Waals surface area contributed by atoms with E-state index in [0.29, 0.717) is 17.2 Å². The molecule has 0 saturated carbocycles. The first-order valence-corrected chi connectivity index (χ1v) is 7.14. The SMILES string of the molecule is O=c1cc(-c2ccccc2)[nH]c2ncc(-c3ccc(F)cc3)n12. The monoisotopic (exact) mass is 305 g/mol. The van der Waals surface area contributed by atoms with E-state index in [2.05, 4.69) is 9.97 Å². The topological polar surface area (TPSA) is 50.2 Å². The number of hydrogen-bond donors (Lipinski definition) is 1. The van der Waals surface area contributed by atoms with Crippen LogP contribution in [0, 0.1) is 5.82 Å². The molecule has 0 aliphatic carbocycles. The molecule has 0 unspecified atom stereocenters. The summed E-state index contributed by atoms with van der Waals surface area (Å²) in [5, 5.41) is 0. The van der Waals surface area contributed by atoms with Crippen LogP contribution in [0.15, 0.2) is 71.7 Å². The molecule has 0 radical (unpaired) electrons. The third-order valence-electron chi connectivity index (χ3n) is 3.72. The Morgan fingerprint density at radius 3 is 2.43 bits per heavy atom. The quantitative estimate of drug-likeness (QED) is 0.616. The van der Waals surface area contributed by atoms with Gasteiger partial charge in [-0.05, 0) is 29.8 Å². The van der Waals surface area contributed by atoms with E-state index >= 15 is 0 Å². The summed E-state index contributed by atoms with van der Waals surface area (Å²) in [5.74, 6) is 0.138. The Morgan fingerprint density at radius 1 is 0.957 bits per heavy atom. The van der Waals surface area contributed by atoms with Gasteiger partial charge in [0, 0.05) is 11.6 Å². The Labute approximate surface area is 130 Å². The Bertz CT molecular complexity index is 1030. The van der Waals surface area contributed by atoms with E-state index in [4.69, 9.17) is 0 Å². The second kappa shape index (κ2) is 5.21. The predicted octanol–water partition coefficient (Wildman–Crippen LogP) is 3.50. The van der Waals surface area contributed by atoms with Gasteiger partial charge in [-0.25, -0.2) is 13.8 Å². The summed E-state index contributed by atoms with van der Waals surface area (Å²) in [6.07, 6.45) is 1.61. The van der Waals surface area contributed by atoms with Crippen LogP contribution < -0.4 is 5.56 Å². The molecule has 4 rings (SSSR count). The molecule has 1 N–H and O–H groups in total. The molecule has 0 aliphatic rings. The molecule has 112 valence electrons. The van der Waals surface area contributed by atoms with Gasteiger partial charge >= 0.3 is 0 Å². The molecule has 2 aromatic heterocycles. The summed E-state index contributed by atoms with van der Waals surface area (Å²) in [4.78, 5) is 20.0. The number of aromatic amines is 1. The number of fused-ring (bicyclic) bond motifs is 1. The Hall–Kier alpha value is -3.21. The molecule has 0 bridgehead atoms. The molecule has 2 aromatic carbocycles. The van der Waals surface area contributed by atoms with Crippen molar-refractivity contribution in [2.45, 2.75) is 0 Å². The average molecular weight is 305 g/mol. The number of nitrogens with zero attached hydrogens (tertiary/aromatic N) is 2. The number of H-pyrrole nitrogens is 1. The summed E-state index contributed by atoms with van der Waals surface area (Å²) < 4.78 is 14.6. The van der Waals surface area contributed by atoms with E-state index < -0.39 is 0 Å². The fraction of sp³-hybridized carbons (Fsp3) is 0. The lowest BCUT2D eigenvalue weighted by Crippen LogP contribution is -2.14. The molecule has 4 aromatic rings. The summed E-state index contributed by atoms with van der Waals surface area (Å²) >= 11 is 0. The summed E-state index contributed by atoms with van der Waals surface area (Å²) in [6.45, 7) is 0. The van der Waals surface area contributed by atoms with Gasteiger partial charge in [0.2, 0.25) is 5.78 Å².